The molecule has 88 valence electrons. The van der Waals surface area contributed by atoms with Crippen molar-refractivity contribution < 1.29 is 18.4 Å². The van der Waals surface area contributed by atoms with Crippen LogP contribution in [0.1, 0.15) is 19.3 Å². The number of hydrogen-bond donors (Lipinski definition) is 2. The standard InChI is InChI=1S/C9H11F2N3O2/c10-7(11)5(3-6(13)15)8(16)14-9(4-12)1-2-9/h5,7H,1-3H2,(H2,13,15)(H,14,16)/t5-/m1/s1. The fraction of sp³-hybridized carbons (Fsp3) is 0.667. The summed E-state index contributed by atoms with van der Waals surface area (Å²) in [5.41, 5.74) is 3.75. The smallest absolute Gasteiger partial charge is 0.250 e. The van der Waals surface area contributed by atoms with Crippen LogP contribution < -0.4 is 11.1 Å². The molecule has 0 radical (unpaired) electrons. The highest BCUT2D eigenvalue weighted by molar-refractivity contribution is 5.86. The Morgan fingerprint density at radius 2 is 2.06 bits per heavy atom. The number of nitriles is 1. The molecule has 3 N–H and O–H groups in total. The summed E-state index contributed by atoms with van der Waals surface area (Å²) >= 11 is 0. The summed E-state index contributed by atoms with van der Waals surface area (Å²) in [6.45, 7) is 0. The average Bonchev–Trinajstić information content (AvgIpc) is 2.94. The molecule has 1 fully saturated rings. The van der Waals surface area contributed by atoms with Gasteiger partial charge in [0.25, 0.3) is 6.43 Å². The van der Waals surface area contributed by atoms with Crippen LogP contribution in [0.2, 0.25) is 0 Å². The van der Waals surface area contributed by atoms with Crippen molar-refractivity contribution in [1.29, 1.82) is 5.26 Å². The fourth-order valence-electron chi connectivity index (χ4n) is 1.23. The van der Waals surface area contributed by atoms with Crippen molar-refractivity contribution in [3.63, 3.8) is 0 Å². The maximum atomic E-state index is 12.5. The topological polar surface area (TPSA) is 96.0 Å². The van der Waals surface area contributed by atoms with Crippen LogP contribution in [-0.4, -0.2) is 23.8 Å². The molecule has 1 saturated carbocycles. The summed E-state index contributed by atoms with van der Waals surface area (Å²) in [5.74, 6) is -3.74. The lowest BCUT2D eigenvalue weighted by atomic mass is 10.0. The van der Waals surface area contributed by atoms with Gasteiger partial charge >= 0.3 is 0 Å². The van der Waals surface area contributed by atoms with Gasteiger partial charge in [0.15, 0.2) is 0 Å². The molecule has 1 atom stereocenters. The van der Waals surface area contributed by atoms with Gasteiger partial charge in [0.05, 0.1) is 6.07 Å². The molecule has 16 heavy (non-hydrogen) atoms. The van der Waals surface area contributed by atoms with Crippen molar-refractivity contribution in [2.75, 3.05) is 0 Å². The zero-order chi connectivity index (χ0) is 12.3. The van der Waals surface area contributed by atoms with E-state index in [4.69, 9.17) is 11.0 Å². The molecule has 0 heterocycles. The van der Waals surface area contributed by atoms with Gasteiger partial charge in [0.2, 0.25) is 11.8 Å². The van der Waals surface area contributed by atoms with Gasteiger partial charge in [-0.25, -0.2) is 8.78 Å². The molecule has 0 aromatic rings. The SMILES string of the molecule is N#CC1(NC(=O)[C@H](CC(N)=O)C(F)F)CC1. The largest absolute Gasteiger partial charge is 0.370 e. The Kier molecular flexibility index (Phi) is 3.42. The van der Waals surface area contributed by atoms with E-state index in [0.717, 1.165) is 0 Å². The summed E-state index contributed by atoms with van der Waals surface area (Å²) in [6.07, 6.45) is -2.80. The molecule has 1 rings (SSSR count). The van der Waals surface area contributed by atoms with Crippen LogP contribution in [0.4, 0.5) is 8.78 Å². The van der Waals surface area contributed by atoms with E-state index in [0.29, 0.717) is 12.8 Å². The first-order chi connectivity index (χ1) is 7.40. The van der Waals surface area contributed by atoms with Gasteiger partial charge in [-0.15, -0.1) is 0 Å². The van der Waals surface area contributed by atoms with Gasteiger partial charge in [-0.2, -0.15) is 5.26 Å². The lowest BCUT2D eigenvalue weighted by Crippen LogP contribution is -2.43. The van der Waals surface area contributed by atoms with Gasteiger partial charge in [-0.1, -0.05) is 0 Å². The van der Waals surface area contributed by atoms with E-state index in [1.807, 2.05) is 6.07 Å². The number of primary amides is 1. The number of hydrogen-bond acceptors (Lipinski definition) is 3. The third-order valence-electron chi connectivity index (χ3n) is 2.39. The van der Waals surface area contributed by atoms with Gasteiger partial charge in [-0.3, -0.25) is 9.59 Å². The molecule has 0 saturated heterocycles. The first-order valence-electron chi connectivity index (χ1n) is 4.70. The maximum absolute atomic E-state index is 12.5. The molecule has 0 spiro atoms. The highest BCUT2D eigenvalue weighted by Gasteiger charge is 2.46. The van der Waals surface area contributed by atoms with Crippen LogP contribution in [0.15, 0.2) is 0 Å². The maximum Gasteiger partial charge on any atom is 0.250 e. The second-order valence-corrected chi connectivity index (χ2v) is 3.79. The van der Waals surface area contributed by atoms with Gasteiger partial charge in [0, 0.05) is 6.42 Å². The third kappa shape index (κ3) is 2.89. The third-order valence-corrected chi connectivity index (χ3v) is 2.39. The number of nitrogens with one attached hydrogen (secondary N) is 1. The number of nitrogens with two attached hydrogens (primary N) is 1. The van der Waals surface area contributed by atoms with Crippen LogP contribution in [0, 0.1) is 17.2 Å². The fourth-order valence-corrected chi connectivity index (χ4v) is 1.23. The second kappa shape index (κ2) is 4.43. The molecule has 2 amide bonds. The number of nitrogens with zero attached hydrogens (tertiary/aromatic N) is 1. The van der Waals surface area contributed by atoms with Crippen molar-refractivity contribution in [3.8, 4) is 6.07 Å². The highest BCUT2D eigenvalue weighted by atomic mass is 19.3. The Labute approximate surface area is 90.6 Å². The average molecular weight is 231 g/mol. The van der Waals surface area contributed by atoms with E-state index in [1.54, 1.807) is 0 Å². The Bertz CT molecular complexity index is 347. The van der Waals surface area contributed by atoms with E-state index in [1.165, 1.54) is 0 Å². The minimum atomic E-state index is -2.97. The summed E-state index contributed by atoms with van der Waals surface area (Å²) in [4.78, 5) is 21.9. The zero-order valence-corrected chi connectivity index (χ0v) is 8.37. The summed E-state index contributed by atoms with van der Waals surface area (Å²) in [6, 6.07) is 1.84. The predicted molar refractivity (Wildman–Crippen MR) is 49.0 cm³/mol. The van der Waals surface area contributed by atoms with Gasteiger partial charge in [-0.05, 0) is 12.8 Å². The first-order valence-corrected chi connectivity index (χ1v) is 4.70. The summed E-state index contributed by atoms with van der Waals surface area (Å²) < 4.78 is 24.9. The first kappa shape index (κ1) is 12.4. The number of carbonyl (C=O) groups is 2. The van der Waals surface area contributed by atoms with Gasteiger partial charge in [0.1, 0.15) is 11.5 Å². The number of rotatable bonds is 5. The summed E-state index contributed by atoms with van der Waals surface area (Å²) in [5, 5.41) is 10.9. The van der Waals surface area contributed by atoms with E-state index < -0.39 is 36.1 Å². The van der Waals surface area contributed by atoms with Gasteiger partial charge < -0.3 is 11.1 Å². The molecule has 5 nitrogen and oxygen atoms in total. The highest BCUT2D eigenvalue weighted by Crippen LogP contribution is 2.35. The van der Waals surface area contributed by atoms with Crippen LogP contribution >= 0.6 is 0 Å². The van der Waals surface area contributed by atoms with Crippen LogP contribution in [0.5, 0.6) is 0 Å². The number of amides is 2. The van der Waals surface area contributed by atoms with Crippen LogP contribution in [0.25, 0.3) is 0 Å². The second-order valence-electron chi connectivity index (χ2n) is 3.79. The minimum Gasteiger partial charge on any atom is -0.370 e. The number of alkyl halides is 2. The quantitative estimate of drug-likeness (QED) is 0.692. The zero-order valence-electron chi connectivity index (χ0n) is 8.37. The number of carbonyl (C=O) groups excluding carboxylic acids is 2. The molecular formula is C9H11F2N3O2. The molecule has 7 heteroatoms. The van der Waals surface area contributed by atoms with Crippen LogP contribution in [0.3, 0.4) is 0 Å². The van der Waals surface area contributed by atoms with E-state index in [-0.39, 0.29) is 0 Å². The molecular weight excluding hydrogens is 220 g/mol. The molecule has 1 aliphatic carbocycles. The Morgan fingerprint density at radius 3 is 2.38 bits per heavy atom. The molecule has 0 unspecified atom stereocenters. The molecule has 0 aromatic heterocycles. The minimum absolute atomic E-state index is 0.446. The van der Waals surface area contributed by atoms with Crippen molar-refractivity contribution in [2.24, 2.45) is 11.7 Å². The normalized spacial score (nSPS) is 18.6. The Balaban J connectivity index is 2.62. The van der Waals surface area contributed by atoms with E-state index >= 15 is 0 Å². The van der Waals surface area contributed by atoms with Crippen molar-refractivity contribution in [3.05, 3.63) is 0 Å². The van der Waals surface area contributed by atoms with E-state index in [2.05, 4.69) is 5.32 Å². The lowest BCUT2D eigenvalue weighted by Gasteiger charge is -2.16. The Morgan fingerprint density at radius 1 is 1.50 bits per heavy atom. The van der Waals surface area contributed by atoms with Crippen LogP contribution in [-0.2, 0) is 9.59 Å². The van der Waals surface area contributed by atoms with Crippen molar-refractivity contribution in [2.45, 2.75) is 31.2 Å². The van der Waals surface area contributed by atoms with Crippen molar-refractivity contribution in [1.82, 2.24) is 5.32 Å². The monoisotopic (exact) mass is 231 g/mol. The predicted octanol–water partition coefficient (Wildman–Crippen LogP) is -0.0845. The molecule has 0 bridgehead atoms. The van der Waals surface area contributed by atoms with Crippen molar-refractivity contribution >= 4 is 11.8 Å². The molecule has 0 aromatic carbocycles. The molecule has 1 aliphatic rings. The number of halogens is 2. The summed E-state index contributed by atoms with van der Waals surface area (Å²) in [7, 11) is 0. The molecule has 0 aliphatic heterocycles. The Hall–Kier alpha value is -1.71. The van der Waals surface area contributed by atoms with E-state index in [9.17, 15) is 18.4 Å². The lowest BCUT2D eigenvalue weighted by molar-refractivity contribution is -0.134.